The molecule has 0 radical (unpaired) electrons. The Kier molecular flexibility index (Phi) is 8.35. The van der Waals surface area contributed by atoms with Gasteiger partial charge in [0.1, 0.15) is 6.23 Å². The first-order valence-electron chi connectivity index (χ1n) is 7.94. The van der Waals surface area contributed by atoms with Crippen molar-refractivity contribution in [3.63, 3.8) is 0 Å². The number of rotatable bonds is 7. The van der Waals surface area contributed by atoms with Gasteiger partial charge in [0.05, 0.1) is 0 Å². The fourth-order valence-electron chi connectivity index (χ4n) is 3.06. The summed E-state index contributed by atoms with van der Waals surface area (Å²) in [5.74, 6) is 0.810. The standard InChI is InChI=1S/C16H32N2O/c1-4-7-16(19)18-13-11-15(10-12-17-5-2)9-6-8-14(18)3/h4,14-17,19H,1,5-13H2,2-3H3/t14-,15?,16?/m0/s1. The van der Waals surface area contributed by atoms with Crippen LogP contribution in [0.2, 0.25) is 0 Å². The summed E-state index contributed by atoms with van der Waals surface area (Å²) >= 11 is 0. The van der Waals surface area contributed by atoms with Gasteiger partial charge in [-0.05, 0) is 45.2 Å². The average molecular weight is 268 g/mol. The third kappa shape index (κ3) is 6.07. The first kappa shape index (κ1) is 16.7. The van der Waals surface area contributed by atoms with Crippen molar-refractivity contribution in [3.8, 4) is 0 Å². The maximum atomic E-state index is 10.2. The van der Waals surface area contributed by atoms with E-state index in [2.05, 4.69) is 30.6 Å². The van der Waals surface area contributed by atoms with Crippen molar-refractivity contribution in [2.45, 2.75) is 64.6 Å². The summed E-state index contributed by atoms with van der Waals surface area (Å²) in [6, 6.07) is 0.490. The molecule has 2 N–H and O–H groups in total. The van der Waals surface area contributed by atoms with E-state index in [0.717, 1.165) is 25.6 Å². The van der Waals surface area contributed by atoms with Crippen molar-refractivity contribution in [2.24, 2.45) is 5.92 Å². The summed E-state index contributed by atoms with van der Waals surface area (Å²) in [6.45, 7) is 11.3. The highest BCUT2D eigenvalue weighted by Gasteiger charge is 2.24. The van der Waals surface area contributed by atoms with E-state index in [4.69, 9.17) is 0 Å². The van der Waals surface area contributed by atoms with Crippen molar-refractivity contribution in [3.05, 3.63) is 12.7 Å². The van der Waals surface area contributed by atoms with E-state index < -0.39 is 0 Å². The van der Waals surface area contributed by atoms with Crippen molar-refractivity contribution in [1.82, 2.24) is 10.2 Å². The van der Waals surface area contributed by atoms with Gasteiger partial charge in [-0.2, -0.15) is 0 Å². The Morgan fingerprint density at radius 1 is 1.42 bits per heavy atom. The molecule has 1 aliphatic rings. The van der Waals surface area contributed by atoms with Crippen molar-refractivity contribution in [1.29, 1.82) is 0 Å². The Balaban J connectivity index is 2.44. The summed E-state index contributed by atoms with van der Waals surface area (Å²) in [5.41, 5.74) is 0. The average Bonchev–Trinajstić information content (AvgIpc) is 2.36. The Labute approximate surface area is 119 Å². The minimum absolute atomic E-state index is 0.347. The van der Waals surface area contributed by atoms with E-state index in [1.54, 1.807) is 0 Å². The summed E-state index contributed by atoms with van der Waals surface area (Å²) in [4.78, 5) is 2.26. The quantitative estimate of drug-likeness (QED) is 0.550. The van der Waals surface area contributed by atoms with Gasteiger partial charge in [0.2, 0.25) is 0 Å². The number of aliphatic hydroxyl groups excluding tert-OH is 1. The van der Waals surface area contributed by atoms with Crippen LogP contribution in [0.1, 0.15) is 52.4 Å². The number of hydrogen-bond donors (Lipinski definition) is 2. The van der Waals surface area contributed by atoms with Crippen LogP contribution < -0.4 is 5.32 Å². The lowest BCUT2D eigenvalue weighted by molar-refractivity contribution is -0.0286. The second-order valence-electron chi connectivity index (χ2n) is 5.82. The molecule has 112 valence electrons. The molecule has 0 aromatic carbocycles. The lowest BCUT2D eigenvalue weighted by Crippen LogP contribution is -2.43. The summed E-state index contributed by atoms with van der Waals surface area (Å²) in [5, 5.41) is 13.6. The molecule has 0 bridgehead atoms. The molecule has 19 heavy (non-hydrogen) atoms. The maximum absolute atomic E-state index is 10.2. The van der Waals surface area contributed by atoms with Crippen LogP contribution in [0.15, 0.2) is 12.7 Å². The second-order valence-corrected chi connectivity index (χ2v) is 5.82. The van der Waals surface area contributed by atoms with E-state index in [1.807, 2.05) is 6.08 Å². The molecule has 3 nitrogen and oxygen atoms in total. The third-order valence-corrected chi connectivity index (χ3v) is 4.34. The molecule has 1 fully saturated rings. The minimum Gasteiger partial charge on any atom is -0.378 e. The van der Waals surface area contributed by atoms with E-state index in [-0.39, 0.29) is 6.23 Å². The molecule has 0 aromatic rings. The van der Waals surface area contributed by atoms with Crippen LogP contribution in [0.25, 0.3) is 0 Å². The topological polar surface area (TPSA) is 35.5 Å². The molecule has 0 spiro atoms. The normalized spacial score (nSPS) is 27.5. The molecule has 0 saturated carbocycles. The third-order valence-electron chi connectivity index (χ3n) is 4.34. The first-order valence-corrected chi connectivity index (χ1v) is 7.94. The van der Waals surface area contributed by atoms with Crippen LogP contribution in [0.3, 0.4) is 0 Å². The Morgan fingerprint density at radius 2 is 2.21 bits per heavy atom. The zero-order valence-electron chi connectivity index (χ0n) is 12.8. The zero-order valence-corrected chi connectivity index (χ0v) is 12.8. The number of aliphatic hydroxyl groups is 1. The Morgan fingerprint density at radius 3 is 2.89 bits per heavy atom. The molecule has 1 saturated heterocycles. The van der Waals surface area contributed by atoms with Gasteiger partial charge in [-0.15, -0.1) is 6.58 Å². The van der Waals surface area contributed by atoms with E-state index >= 15 is 0 Å². The van der Waals surface area contributed by atoms with Gasteiger partial charge in [-0.3, -0.25) is 4.90 Å². The van der Waals surface area contributed by atoms with Crippen LogP contribution in [0.4, 0.5) is 0 Å². The molecule has 2 unspecified atom stereocenters. The lowest BCUT2D eigenvalue weighted by atomic mass is 9.91. The molecule has 1 rings (SSSR count). The van der Waals surface area contributed by atoms with Crippen LogP contribution in [0.5, 0.6) is 0 Å². The predicted molar refractivity (Wildman–Crippen MR) is 82.1 cm³/mol. The van der Waals surface area contributed by atoms with Crippen LogP contribution in [0, 0.1) is 5.92 Å². The first-order chi connectivity index (χ1) is 9.19. The monoisotopic (exact) mass is 268 g/mol. The lowest BCUT2D eigenvalue weighted by Gasteiger charge is -2.36. The molecule has 0 aliphatic carbocycles. The highest BCUT2D eigenvalue weighted by atomic mass is 16.3. The van der Waals surface area contributed by atoms with Crippen molar-refractivity contribution >= 4 is 0 Å². The number of nitrogens with one attached hydrogen (secondary N) is 1. The van der Waals surface area contributed by atoms with Gasteiger partial charge in [0.15, 0.2) is 0 Å². The van der Waals surface area contributed by atoms with Crippen molar-refractivity contribution in [2.75, 3.05) is 19.6 Å². The predicted octanol–water partition coefficient (Wildman–Crippen LogP) is 2.76. The van der Waals surface area contributed by atoms with Gasteiger partial charge in [-0.25, -0.2) is 0 Å². The number of hydrogen-bond acceptors (Lipinski definition) is 3. The molecular formula is C16H32N2O. The highest BCUT2D eigenvalue weighted by molar-refractivity contribution is 4.80. The largest absolute Gasteiger partial charge is 0.378 e. The Hall–Kier alpha value is -0.380. The minimum atomic E-state index is -0.347. The van der Waals surface area contributed by atoms with Gasteiger partial charge < -0.3 is 10.4 Å². The molecule has 0 amide bonds. The SMILES string of the molecule is C=CCC(O)N1CCC(CCNCC)CCC[C@@H]1C. The summed E-state index contributed by atoms with van der Waals surface area (Å²) < 4.78 is 0. The molecule has 1 heterocycles. The van der Waals surface area contributed by atoms with Crippen LogP contribution in [-0.4, -0.2) is 41.9 Å². The molecular weight excluding hydrogens is 236 g/mol. The summed E-state index contributed by atoms with van der Waals surface area (Å²) in [7, 11) is 0. The number of likely N-dealkylation sites (tertiary alicyclic amines) is 1. The van der Waals surface area contributed by atoms with E-state index in [1.165, 1.54) is 32.1 Å². The molecule has 3 atom stereocenters. The zero-order chi connectivity index (χ0) is 14.1. The maximum Gasteiger partial charge on any atom is 0.111 e. The fourth-order valence-corrected chi connectivity index (χ4v) is 3.06. The van der Waals surface area contributed by atoms with Crippen molar-refractivity contribution < 1.29 is 5.11 Å². The van der Waals surface area contributed by atoms with Crippen LogP contribution >= 0.6 is 0 Å². The number of nitrogens with zero attached hydrogens (tertiary/aromatic N) is 1. The molecule has 0 aromatic heterocycles. The van der Waals surface area contributed by atoms with Crippen LogP contribution in [-0.2, 0) is 0 Å². The van der Waals surface area contributed by atoms with Gasteiger partial charge in [-0.1, -0.05) is 25.8 Å². The van der Waals surface area contributed by atoms with Gasteiger partial charge >= 0.3 is 0 Å². The highest BCUT2D eigenvalue weighted by Crippen LogP contribution is 2.24. The van der Waals surface area contributed by atoms with Gasteiger partial charge in [0, 0.05) is 19.0 Å². The fraction of sp³-hybridized carbons (Fsp3) is 0.875. The molecule has 1 aliphatic heterocycles. The smallest absolute Gasteiger partial charge is 0.111 e. The summed E-state index contributed by atoms with van der Waals surface area (Å²) in [6.07, 6.45) is 8.46. The van der Waals surface area contributed by atoms with Gasteiger partial charge in [0.25, 0.3) is 0 Å². The Bertz CT molecular complexity index is 243. The van der Waals surface area contributed by atoms with E-state index in [9.17, 15) is 5.11 Å². The van der Waals surface area contributed by atoms with E-state index in [0.29, 0.717) is 12.5 Å². The molecule has 3 heteroatoms. The second kappa shape index (κ2) is 9.51.